The van der Waals surface area contributed by atoms with Crippen molar-refractivity contribution in [1.29, 1.82) is 0 Å². The number of nitrogens with one attached hydrogen (secondary N) is 1. The van der Waals surface area contributed by atoms with Gasteiger partial charge in [-0.15, -0.1) is 0 Å². The number of piperazine rings is 1. The first-order valence-electron chi connectivity index (χ1n) is 7.82. The molecule has 1 N–H and O–H groups in total. The number of likely N-dealkylation sites (N-methyl/N-ethyl adjacent to an activating group) is 2. The largest absolute Gasteiger partial charge is 0.465 e. The van der Waals surface area contributed by atoms with Gasteiger partial charge in [-0.05, 0) is 46.7 Å². The summed E-state index contributed by atoms with van der Waals surface area (Å²) in [6, 6.07) is 0.541. The van der Waals surface area contributed by atoms with E-state index in [1.165, 1.54) is 0 Å². The van der Waals surface area contributed by atoms with Gasteiger partial charge in [-0.1, -0.05) is 0 Å². The van der Waals surface area contributed by atoms with E-state index in [1.54, 1.807) is 0 Å². The minimum Gasteiger partial charge on any atom is -0.465 e. The highest BCUT2D eigenvalue weighted by Crippen LogP contribution is 2.41. The Morgan fingerprint density at radius 2 is 2.10 bits per heavy atom. The fourth-order valence-electron chi connectivity index (χ4n) is 3.20. The predicted octanol–water partition coefficient (Wildman–Crippen LogP) is 0.554. The number of carbonyl (C=O) groups excluding carboxylic acids is 1. The zero-order chi connectivity index (χ0) is 14.8. The minimum absolute atomic E-state index is 0.0726. The number of hydrogen-bond donors (Lipinski definition) is 1. The van der Waals surface area contributed by atoms with Crippen molar-refractivity contribution in [3.05, 3.63) is 0 Å². The highest BCUT2D eigenvalue weighted by atomic mass is 16.5. The Labute approximate surface area is 122 Å². The Hall–Kier alpha value is -0.650. The van der Waals surface area contributed by atoms with Crippen LogP contribution in [-0.2, 0) is 9.53 Å². The molecule has 2 unspecified atom stereocenters. The molecular formula is C15H29N3O2. The van der Waals surface area contributed by atoms with Crippen LogP contribution in [0.15, 0.2) is 0 Å². The van der Waals surface area contributed by atoms with Gasteiger partial charge >= 0.3 is 5.97 Å². The quantitative estimate of drug-likeness (QED) is 0.722. The summed E-state index contributed by atoms with van der Waals surface area (Å²) in [6.45, 7) is 8.45. The lowest BCUT2D eigenvalue weighted by Gasteiger charge is -2.42. The van der Waals surface area contributed by atoms with Crippen LogP contribution in [0.2, 0.25) is 0 Å². The van der Waals surface area contributed by atoms with Gasteiger partial charge in [0, 0.05) is 32.2 Å². The lowest BCUT2D eigenvalue weighted by molar-refractivity contribution is -0.153. The van der Waals surface area contributed by atoms with E-state index in [1.807, 2.05) is 14.0 Å². The molecule has 0 aromatic carbocycles. The van der Waals surface area contributed by atoms with Gasteiger partial charge in [0.15, 0.2) is 0 Å². The van der Waals surface area contributed by atoms with E-state index < -0.39 is 5.54 Å². The van der Waals surface area contributed by atoms with Crippen LogP contribution in [0, 0.1) is 5.92 Å². The summed E-state index contributed by atoms with van der Waals surface area (Å²) >= 11 is 0. The van der Waals surface area contributed by atoms with Gasteiger partial charge < -0.3 is 15.0 Å². The highest BCUT2D eigenvalue weighted by molar-refractivity contribution is 5.82. The third-order valence-electron chi connectivity index (χ3n) is 4.88. The fraction of sp³-hybridized carbons (Fsp3) is 0.933. The molecule has 2 fully saturated rings. The van der Waals surface area contributed by atoms with Gasteiger partial charge in [-0.3, -0.25) is 4.90 Å². The van der Waals surface area contributed by atoms with Crippen LogP contribution >= 0.6 is 0 Å². The average Bonchev–Trinajstić information content (AvgIpc) is 3.25. The summed E-state index contributed by atoms with van der Waals surface area (Å²) in [5.74, 6) is 0.359. The maximum absolute atomic E-state index is 12.5. The molecule has 0 radical (unpaired) electrons. The van der Waals surface area contributed by atoms with E-state index in [4.69, 9.17) is 4.74 Å². The zero-order valence-corrected chi connectivity index (χ0v) is 13.3. The standard InChI is InChI=1S/C15H29N3O2/c1-5-20-14(19)15(16-3,13-6-7-13)11-18-9-8-17(4)12(2)10-18/h12-13,16H,5-11H2,1-4H3. The van der Waals surface area contributed by atoms with Gasteiger partial charge in [0.1, 0.15) is 5.54 Å². The van der Waals surface area contributed by atoms with Crippen molar-refractivity contribution in [2.45, 2.75) is 38.3 Å². The van der Waals surface area contributed by atoms with Gasteiger partial charge in [0.05, 0.1) is 6.61 Å². The molecule has 1 saturated heterocycles. The lowest BCUT2D eigenvalue weighted by Crippen LogP contribution is -2.63. The SMILES string of the molecule is CCOC(=O)C(CN1CCN(C)C(C)C1)(NC)C1CC1. The molecule has 2 rings (SSSR count). The first-order chi connectivity index (χ1) is 9.53. The first kappa shape index (κ1) is 15.7. The van der Waals surface area contributed by atoms with E-state index in [9.17, 15) is 4.79 Å². The summed E-state index contributed by atoms with van der Waals surface area (Å²) in [5.41, 5.74) is -0.508. The van der Waals surface area contributed by atoms with Gasteiger partial charge in [-0.25, -0.2) is 4.79 Å². The molecule has 2 atom stereocenters. The van der Waals surface area contributed by atoms with Crippen LogP contribution in [0.5, 0.6) is 0 Å². The second-order valence-electron chi connectivity index (χ2n) is 6.28. The molecule has 0 aromatic rings. The fourth-order valence-corrected chi connectivity index (χ4v) is 3.20. The highest BCUT2D eigenvalue weighted by Gasteiger charge is 2.52. The van der Waals surface area contributed by atoms with Gasteiger partial charge in [-0.2, -0.15) is 0 Å². The molecule has 0 bridgehead atoms. The van der Waals surface area contributed by atoms with Crippen LogP contribution in [-0.4, -0.2) is 74.2 Å². The summed E-state index contributed by atoms with van der Waals surface area (Å²) in [7, 11) is 4.06. The summed E-state index contributed by atoms with van der Waals surface area (Å²) < 4.78 is 5.35. The van der Waals surface area contributed by atoms with E-state index >= 15 is 0 Å². The van der Waals surface area contributed by atoms with Crippen molar-refractivity contribution in [2.24, 2.45) is 5.92 Å². The second kappa shape index (κ2) is 6.41. The van der Waals surface area contributed by atoms with Gasteiger partial charge in [0.25, 0.3) is 0 Å². The lowest BCUT2D eigenvalue weighted by atomic mass is 9.92. The number of carbonyl (C=O) groups is 1. The molecule has 1 aliphatic carbocycles. The molecule has 1 aliphatic heterocycles. The van der Waals surface area contributed by atoms with Crippen LogP contribution in [0.4, 0.5) is 0 Å². The molecule has 2 aliphatic rings. The Kier molecular flexibility index (Phi) is 5.04. The molecule has 5 heteroatoms. The minimum atomic E-state index is -0.508. The molecule has 0 aromatic heterocycles. The molecule has 0 spiro atoms. The zero-order valence-electron chi connectivity index (χ0n) is 13.3. The maximum Gasteiger partial charge on any atom is 0.327 e. The predicted molar refractivity (Wildman–Crippen MR) is 79.7 cm³/mol. The molecule has 5 nitrogen and oxygen atoms in total. The number of hydrogen-bond acceptors (Lipinski definition) is 5. The average molecular weight is 283 g/mol. The van der Waals surface area contributed by atoms with Crippen molar-refractivity contribution in [3.63, 3.8) is 0 Å². The van der Waals surface area contributed by atoms with E-state index in [0.29, 0.717) is 18.6 Å². The Morgan fingerprint density at radius 1 is 1.40 bits per heavy atom. The van der Waals surface area contributed by atoms with Gasteiger partial charge in [0.2, 0.25) is 0 Å². The normalized spacial score (nSPS) is 28.1. The van der Waals surface area contributed by atoms with Crippen LogP contribution in [0.25, 0.3) is 0 Å². The van der Waals surface area contributed by atoms with Crippen molar-refractivity contribution in [1.82, 2.24) is 15.1 Å². The Bertz CT molecular complexity index is 346. The number of nitrogens with zero attached hydrogens (tertiary/aromatic N) is 2. The smallest absolute Gasteiger partial charge is 0.327 e. The molecule has 1 heterocycles. The van der Waals surface area contributed by atoms with Crippen molar-refractivity contribution in [2.75, 3.05) is 46.9 Å². The van der Waals surface area contributed by atoms with Crippen molar-refractivity contribution >= 4 is 5.97 Å². The monoisotopic (exact) mass is 283 g/mol. The first-order valence-corrected chi connectivity index (χ1v) is 7.82. The molecule has 0 amide bonds. The number of rotatable bonds is 6. The van der Waals surface area contributed by atoms with Crippen molar-refractivity contribution in [3.8, 4) is 0 Å². The third kappa shape index (κ3) is 3.15. The molecular weight excluding hydrogens is 254 g/mol. The van der Waals surface area contributed by atoms with E-state index in [0.717, 1.165) is 39.0 Å². The maximum atomic E-state index is 12.5. The van der Waals surface area contributed by atoms with Crippen LogP contribution < -0.4 is 5.32 Å². The Balaban J connectivity index is 2.06. The summed E-state index contributed by atoms with van der Waals surface area (Å²) in [6.07, 6.45) is 2.26. The van der Waals surface area contributed by atoms with Crippen molar-refractivity contribution < 1.29 is 9.53 Å². The van der Waals surface area contributed by atoms with Crippen LogP contribution in [0.1, 0.15) is 26.7 Å². The molecule has 1 saturated carbocycles. The topological polar surface area (TPSA) is 44.8 Å². The third-order valence-corrected chi connectivity index (χ3v) is 4.88. The second-order valence-corrected chi connectivity index (χ2v) is 6.28. The van der Waals surface area contributed by atoms with E-state index in [2.05, 4.69) is 29.1 Å². The molecule has 20 heavy (non-hydrogen) atoms. The van der Waals surface area contributed by atoms with E-state index in [-0.39, 0.29) is 5.97 Å². The number of esters is 1. The summed E-state index contributed by atoms with van der Waals surface area (Å²) in [5, 5.41) is 3.31. The van der Waals surface area contributed by atoms with Crippen LogP contribution in [0.3, 0.4) is 0 Å². The molecule has 116 valence electrons. The Morgan fingerprint density at radius 3 is 2.60 bits per heavy atom. The summed E-state index contributed by atoms with van der Waals surface area (Å²) in [4.78, 5) is 17.3. The number of ether oxygens (including phenoxy) is 1.